The highest BCUT2D eigenvalue weighted by molar-refractivity contribution is 6.77. The number of rotatable bonds is 6. The monoisotopic (exact) mass is 293 g/mol. The minimum absolute atomic E-state index is 0.277. The van der Waals surface area contributed by atoms with E-state index in [4.69, 9.17) is 4.43 Å². The molecule has 0 aliphatic carbocycles. The summed E-state index contributed by atoms with van der Waals surface area (Å²) in [5.74, 6) is -0.399. The predicted molar refractivity (Wildman–Crippen MR) is 73.9 cm³/mol. The summed E-state index contributed by atoms with van der Waals surface area (Å²) < 4.78 is 31.7. The number of halogens is 2. The van der Waals surface area contributed by atoms with Gasteiger partial charge in [0.1, 0.15) is 6.04 Å². The van der Waals surface area contributed by atoms with Crippen LogP contribution in [0.25, 0.3) is 0 Å². The molecule has 1 fully saturated rings. The lowest BCUT2D eigenvalue weighted by Gasteiger charge is -2.48. The van der Waals surface area contributed by atoms with Gasteiger partial charge in [-0.25, -0.2) is 8.78 Å². The quantitative estimate of drug-likeness (QED) is 0.603. The molecule has 1 aliphatic heterocycles. The molecule has 2 atom stereocenters. The molecule has 1 amide bonds. The highest BCUT2D eigenvalue weighted by Crippen LogP contribution is 2.44. The molecule has 6 heteroatoms. The van der Waals surface area contributed by atoms with Crippen LogP contribution < -0.4 is 5.32 Å². The molecule has 1 aliphatic rings. The second kappa shape index (κ2) is 5.87. The molecule has 3 nitrogen and oxygen atoms in total. The van der Waals surface area contributed by atoms with Gasteiger partial charge in [0.2, 0.25) is 8.32 Å². The fourth-order valence-electron chi connectivity index (χ4n) is 3.34. The van der Waals surface area contributed by atoms with Crippen molar-refractivity contribution in [3.63, 3.8) is 0 Å². The second-order valence-corrected chi connectivity index (χ2v) is 11.6. The fourth-order valence-corrected chi connectivity index (χ4v) is 8.85. The summed E-state index contributed by atoms with van der Waals surface area (Å²) in [5, 5.41) is 2.24. The van der Waals surface area contributed by atoms with Gasteiger partial charge in [0, 0.05) is 0 Å². The Bertz CT molecular complexity index is 313. The van der Waals surface area contributed by atoms with Crippen LogP contribution in [0.4, 0.5) is 8.78 Å². The maximum absolute atomic E-state index is 12.8. The van der Waals surface area contributed by atoms with Crippen LogP contribution in [-0.4, -0.2) is 32.8 Å². The summed E-state index contributed by atoms with van der Waals surface area (Å²) in [4.78, 5) is 11.5. The normalized spacial score (nSPS) is 24.3. The van der Waals surface area contributed by atoms with E-state index in [2.05, 4.69) is 46.9 Å². The number of amides is 1. The minimum atomic E-state index is -2.57. The van der Waals surface area contributed by atoms with Crippen molar-refractivity contribution in [3.8, 4) is 0 Å². The van der Waals surface area contributed by atoms with Crippen molar-refractivity contribution in [2.45, 2.75) is 76.7 Å². The minimum Gasteiger partial charge on any atom is -0.402 e. The molecule has 1 N–H and O–H groups in total. The zero-order valence-electron chi connectivity index (χ0n) is 12.5. The van der Waals surface area contributed by atoms with E-state index >= 15 is 0 Å². The third kappa shape index (κ3) is 2.84. The van der Waals surface area contributed by atoms with Crippen LogP contribution in [0, 0.1) is 0 Å². The van der Waals surface area contributed by atoms with Crippen LogP contribution in [0.5, 0.6) is 0 Å². The van der Waals surface area contributed by atoms with Crippen LogP contribution in [-0.2, 0) is 9.22 Å². The van der Waals surface area contributed by atoms with Gasteiger partial charge in [0.15, 0.2) is 6.10 Å². The van der Waals surface area contributed by atoms with Gasteiger partial charge < -0.3 is 9.74 Å². The van der Waals surface area contributed by atoms with Crippen LogP contribution in [0.1, 0.15) is 41.5 Å². The Morgan fingerprint density at radius 3 is 1.74 bits per heavy atom. The first-order valence-electron chi connectivity index (χ1n) is 6.90. The van der Waals surface area contributed by atoms with Gasteiger partial charge in [-0.15, -0.1) is 0 Å². The summed E-state index contributed by atoms with van der Waals surface area (Å²) in [7, 11) is -2.28. The highest BCUT2D eigenvalue weighted by Gasteiger charge is 2.54. The Balaban J connectivity index is 2.98. The maximum atomic E-state index is 12.8. The molecule has 1 heterocycles. The molecule has 0 aromatic heterocycles. The standard InChI is InChI=1S/C13H25F2NO2Si/c1-7(2)19(8(3)4,9(5)6)18-11-10(12(14)15)16-13(11)17/h7-12H,1-6H3,(H,16,17)/t10-,11-/m1/s1. The topological polar surface area (TPSA) is 38.3 Å². The van der Waals surface area contributed by atoms with Gasteiger partial charge in [-0.05, 0) is 16.6 Å². The number of nitrogens with one attached hydrogen (secondary N) is 1. The molecule has 0 radical (unpaired) electrons. The number of carbonyl (C=O) groups excluding carboxylic acids is 1. The van der Waals surface area contributed by atoms with Crippen molar-refractivity contribution in [1.82, 2.24) is 5.32 Å². The van der Waals surface area contributed by atoms with Crippen LogP contribution in [0.2, 0.25) is 16.6 Å². The van der Waals surface area contributed by atoms with E-state index in [9.17, 15) is 13.6 Å². The molecule has 0 aromatic rings. The highest BCUT2D eigenvalue weighted by atomic mass is 28.4. The SMILES string of the molecule is CC(C)[Si](O[C@H]1C(=O)N[C@H]1C(F)F)(C(C)C)C(C)C. The first-order valence-corrected chi connectivity index (χ1v) is 9.04. The molecule has 0 spiro atoms. The van der Waals surface area contributed by atoms with Crippen LogP contribution >= 0.6 is 0 Å². The third-order valence-corrected chi connectivity index (χ3v) is 10.3. The van der Waals surface area contributed by atoms with Crippen molar-refractivity contribution in [3.05, 3.63) is 0 Å². The van der Waals surface area contributed by atoms with E-state index in [1.54, 1.807) is 0 Å². The van der Waals surface area contributed by atoms with Crippen molar-refractivity contribution >= 4 is 14.2 Å². The molecule has 1 saturated heterocycles. The number of alkyl halides is 2. The van der Waals surface area contributed by atoms with Gasteiger partial charge in [-0.3, -0.25) is 4.79 Å². The van der Waals surface area contributed by atoms with Gasteiger partial charge in [0.05, 0.1) is 0 Å². The molecule has 0 unspecified atom stereocenters. The van der Waals surface area contributed by atoms with Gasteiger partial charge in [-0.1, -0.05) is 41.5 Å². The number of β-lactam (4-membered cyclic amide) rings is 1. The molecular formula is C13H25F2NO2Si. The van der Waals surface area contributed by atoms with Crippen LogP contribution in [0.15, 0.2) is 0 Å². The summed E-state index contributed by atoms with van der Waals surface area (Å²) in [5.41, 5.74) is 0.831. The molecule has 1 rings (SSSR count). The number of hydrogen-bond donors (Lipinski definition) is 1. The smallest absolute Gasteiger partial charge is 0.261 e. The van der Waals surface area contributed by atoms with Crippen molar-refractivity contribution < 1.29 is 18.0 Å². The molecule has 0 saturated carbocycles. The average Bonchev–Trinajstić information content (AvgIpc) is 2.24. The Kier molecular flexibility index (Phi) is 5.12. The summed E-state index contributed by atoms with van der Waals surface area (Å²) in [6, 6.07) is -1.14. The molecule has 112 valence electrons. The summed E-state index contributed by atoms with van der Waals surface area (Å²) in [6.07, 6.45) is -3.54. The largest absolute Gasteiger partial charge is 0.402 e. The third-order valence-electron chi connectivity index (χ3n) is 4.20. The van der Waals surface area contributed by atoms with E-state index in [1.165, 1.54) is 0 Å². The maximum Gasteiger partial charge on any atom is 0.261 e. The Labute approximate surface area is 115 Å². The zero-order chi connectivity index (χ0) is 15.0. The predicted octanol–water partition coefficient (Wildman–Crippen LogP) is 3.31. The van der Waals surface area contributed by atoms with E-state index in [0.717, 1.165) is 0 Å². The number of carbonyl (C=O) groups is 1. The van der Waals surface area contributed by atoms with E-state index in [0.29, 0.717) is 0 Å². The molecule has 19 heavy (non-hydrogen) atoms. The lowest BCUT2D eigenvalue weighted by molar-refractivity contribution is -0.148. The first kappa shape index (κ1) is 16.6. The van der Waals surface area contributed by atoms with Gasteiger partial charge in [-0.2, -0.15) is 0 Å². The lowest BCUT2D eigenvalue weighted by Crippen LogP contribution is -2.70. The average molecular weight is 293 g/mol. The van der Waals surface area contributed by atoms with E-state index in [-0.39, 0.29) is 16.6 Å². The summed E-state index contributed by atoms with van der Waals surface area (Å²) in [6.45, 7) is 12.4. The lowest BCUT2D eigenvalue weighted by atomic mass is 10.0. The Morgan fingerprint density at radius 2 is 1.47 bits per heavy atom. The van der Waals surface area contributed by atoms with Gasteiger partial charge in [0.25, 0.3) is 12.3 Å². The van der Waals surface area contributed by atoms with Crippen molar-refractivity contribution in [2.75, 3.05) is 0 Å². The first-order chi connectivity index (χ1) is 8.64. The zero-order valence-corrected chi connectivity index (χ0v) is 13.5. The van der Waals surface area contributed by atoms with E-state index < -0.39 is 32.8 Å². The number of hydrogen-bond acceptors (Lipinski definition) is 2. The van der Waals surface area contributed by atoms with E-state index in [1.807, 2.05) is 0 Å². The van der Waals surface area contributed by atoms with Crippen molar-refractivity contribution in [2.24, 2.45) is 0 Å². The summed E-state index contributed by atoms with van der Waals surface area (Å²) >= 11 is 0. The second-order valence-electron chi connectivity index (χ2n) is 6.22. The Hall–Kier alpha value is -0.493. The van der Waals surface area contributed by atoms with Crippen molar-refractivity contribution in [1.29, 1.82) is 0 Å². The Morgan fingerprint density at radius 1 is 1.05 bits per heavy atom. The molecular weight excluding hydrogens is 268 g/mol. The van der Waals surface area contributed by atoms with Crippen LogP contribution in [0.3, 0.4) is 0 Å². The molecule has 0 aromatic carbocycles. The van der Waals surface area contributed by atoms with Gasteiger partial charge >= 0.3 is 0 Å². The fraction of sp³-hybridized carbons (Fsp3) is 0.923. The molecule has 0 bridgehead atoms.